The number of hydrogen-bond donors (Lipinski definition) is 2. The van der Waals surface area contributed by atoms with Gasteiger partial charge in [-0.2, -0.15) is 13.2 Å². The van der Waals surface area contributed by atoms with Crippen molar-refractivity contribution in [1.82, 2.24) is 5.32 Å². The van der Waals surface area contributed by atoms with Crippen LogP contribution in [0.2, 0.25) is 0 Å². The monoisotopic (exact) mass is 314 g/mol. The van der Waals surface area contributed by atoms with Gasteiger partial charge in [-0.05, 0) is 43.0 Å². The smallest absolute Gasteiger partial charge is 0.376 e. The van der Waals surface area contributed by atoms with Crippen LogP contribution in [0, 0.1) is 5.92 Å². The van der Waals surface area contributed by atoms with Gasteiger partial charge in [0.2, 0.25) is 5.91 Å². The van der Waals surface area contributed by atoms with E-state index < -0.39 is 11.7 Å². The first-order valence-electron chi connectivity index (χ1n) is 7.57. The Morgan fingerprint density at radius 2 is 1.82 bits per heavy atom. The molecule has 0 bridgehead atoms. The summed E-state index contributed by atoms with van der Waals surface area (Å²) in [6.07, 6.45) is 0.108. The molecule has 22 heavy (non-hydrogen) atoms. The molecule has 2 unspecified atom stereocenters. The highest BCUT2D eigenvalue weighted by Gasteiger charge is 2.30. The molecule has 0 heterocycles. The summed E-state index contributed by atoms with van der Waals surface area (Å²) in [6.45, 7) is 2.20. The number of hydrogen-bond acceptors (Lipinski definition) is 2. The molecule has 1 aromatic rings. The van der Waals surface area contributed by atoms with Crippen molar-refractivity contribution in [3.8, 4) is 0 Å². The molecule has 0 radical (unpaired) electrons. The van der Waals surface area contributed by atoms with Crippen molar-refractivity contribution < 1.29 is 18.0 Å². The van der Waals surface area contributed by atoms with E-state index in [0.717, 1.165) is 31.4 Å². The molecule has 3 nitrogen and oxygen atoms in total. The first kappa shape index (κ1) is 16.6. The maximum absolute atomic E-state index is 12.4. The number of rotatable bonds is 4. The van der Waals surface area contributed by atoms with Crippen LogP contribution < -0.4 is 10.6 Å². The Hall–Kier alpha value is -1.72. The molecule has 2 atom stereocenters. The van der Waals surface area contributed by atoms with Crippen LogP contribution >= 0.6 is 0 Å². The van der Waals surface area contributed by atoms with Gasteiger partial charge in [0.1, 0.15) is 0 Å². The first-order valence-corrected chi connectivity index (χ1v) is 7.57. The minimum absolute atomic E-state index is 0.0641. The van der Waals surface area contributed by atoms with Crippen LogP contribution in [-0.4, -0.2) is 18.5 Å². The van der Waals surface area contributed by atoms with Crippen molar-refractivity contribution in [2.75, 3.05) is 11.9 Å². The lowest BCUT2D eigenvalue weighted by molar-refractivity contribution is -0.137. The molecule has 0 saturated heterocycles. The molecule has 0 aromatic heterocycles. The van der Waals surface area contributed by atoms with Gasteiger partial charge in [-0.3, -0.25) is 4.79 Å². The average molecular weight is 314 g/mol. The molecule has 1 aliphatic rings. The van der Waals surface area contributed by atoms with E-state index in [-0.39, 0.29) is 18.5 Å². The molecule has 2 rings (SSSR count). The summed E-state index contributed by atoms with van der Waals surface area (Å²) in [5, 5.41) is 5.84. The highest BCUT2D eigenvalue weighted by atomic mass is 19.4. The van der Waals surface area contributed by atoms with Crippen molar-refractivity contribution in [2.45, 2.75) is 44.8 Å². The fraction of sp³-hybridized carbons (Fsp3) is 0.562. The van der Waals surface area contributed by atoms with Gasteiger partial charge in [-0.15, -0.1) is 0 Å². The summed E-state index contributed by atoms with van der Waals surface area (Å²) in [7, 11) is 0. The maximum Gasteiger partial charge on any atom is 0.416 e. The van der Waals surface area contributed by atoms with E-state index >= 15 is 0 Å². The number of carbonyl (C=O) groups excluding carboxylic acids is 1. The van der Waals surface area contributed by atoms with E-state index in [1.807, 2.05) is 0 Å². The zero-order chi connectivity index (χ0) is 16.2. The van der Waals surface area contributed by atoms with Gasteiger partial charge in [0.25, 0.3) is 0 Å². The fourth-order valence-electron chi connectivity index (χ4n) is 2.75. The number of alkyl halides is 3. The van der Waals surface area contributed by atoms with Gasteiger partial charge in [0.15, 0.2) is 0 Å². The van der Waals surface area contributed by atoms with Gasteiger partial charge < -0.3 is 10.6 Å². The SMILES string of the molecule is CC1CCCCC1NC(=O)CNc1ccc(C(F)(F)F)cc1. The van der Waals surface area contributed by atoms with Crippen LogP contribution in [0.4, 0.5) is 18.9 Å². The Bertz CT molecular complexity index is 499. The number of carbonyl (C=O) groups is 1. The van der Waals surface area contributed by atoms with Crippen molar-refractivity contribution in [2.24, 2.45) is 5.92 Å². The maximum atomic E-state index is 12.4. The second-order valence-electron chi connectivity index (χ2n) is 5.86. The zero-order valence-electron chi connectivity index (χ0n) is 12.5. The standard InChI is InChI=1S/C16H21F3N2O/c1-11-4-2-3-5-14(11)21-15(22)10-20-13-8-6-12(7-9-13)16(17,18)19/h6-9,11,14,20H,2-5,10H2,1H3,(H,21,22). The van der Waals surface area contributed by atoms with E-state index in [0.29, 0.717) is 11.6 Å². The van der Waals surface area contributed by atoms with E-state index in [1.54, 1.807) is 0 Å². The summed E-state index contributed by atoms with van der Waals surface area (Å²) in [5.41, 5.74) is -0.196. The predicted octanol–water partition coefficient (Wildman–Crippen LogP) is 3.81. The number of benzene rings is 1. The number of halogens is 3. The molecule has 1 aliphatic carbocycles. The number of anilines is 1. The molecular weight excluding hydrogens is 293 g/mol. The molecule has 2 N–H and O–H groups in total. The fourth-order valence-corrected chi connectivity index (χ4v) is 2.75. The van der Waals surface area contributed by atoms with Gasteiger partial charge >= 0.3 is 6.18 Å². The third-order valence-corrected chi connectivity index (χ3v) is 4.12. The summed E-state index contributed by atoms with van der Waals surface area (Å²) in [4.78, 5) is 11.9. The lowest BCUT2D eigenvalue weighted by Crippen LogP contribution is -2.43. The van der Waals surface area contributed by atoms with Crippen LogP contribution in [0.3, 0.4) is 0 Å². The van der Waals surface area contributed by atoms with E-state index in [2.05, 4.69) is 17.6 Å². The van der Waals surface area contributed by atoms with E-state index in [4.69, 9.17) is 0 Å². The molecule has 0 aliphatic heterocycles. The molecule has 1 fully saturated rings. The van der Waals surface area contributed by atoms with Crippen molar-refractivity contribution in [3.05, 3.63) is 29.8 Å². The van der Waals surface area contributed by atoms with Crippen LogP contribution in [0.15, 0.2) is 24.3 Å². The Balaban J connectivity index is 1.81. The molecule has 122 valence electrons. The Kier molecular flexibility index (Phi) is 5.32. The highest BCUT2D eigenvalue weighted by molar-refractivity contribution is 5.81. The van der Waals surface area contributed by atoms with Crippen LogP contribution in [-0.2, 0) is 11.0 Å². The highest BCUT2D eigenvalue weighted by Crippen LogP contribution is 2.29. The second kappa shape index (κ2) is 7.03. The quantitative estimate of drug-likeness (QED) is 0.887. The van der Waals surface area contributed by atoms with Crippen molar-refractivity contribution >= 4 is 11.6 Å². The second-order valence-corrected chi connectivity index (χ2v) is 5.86. The van der Waals surface area contributed by atoms with Crippen LogP contribution in [0.25, 0.3) is 0 Å². The van der Waals surface area contributed by atoms with Crippen LogP contribution in [0.1, 0.15) is 38.2 Å². The van der Waals surface area contributed by atoms with E-state index in [1.165, 1.54) is 18.6 Å². The lowest BCUT2D eigenvalue weighted by atomic mass is 9.86. The summed E-state index contributed by atoms with van der Waals surface area (Å²) >= 11 is 0. The third kappa shape index (κ3) is 4.64. The zero-order valence-corrected chi connectivity index (χ0v) is 12.5. The molecule has 1 aromatic carbocycles. The molecule has 1 amide bonds. The average Bonchev–Trinajstić information content (AvgIpc) is 2.47. The molecule has 6 heteroatoms. The van der Waals surface area contributed by atoms with E-state index in [9.17, 15) is 18.0 Å². The molecular formula is C16H21F3N2O. The van der Waals surface area contributed by atoms with Crippen LogP contribution in [0.5, 0.6) is 0 Å². The van der Waals surface area contributed by atoms with Gasteiger partial charge in [-0.1, -0.05) is 19.8 Å². The molecule has 1 saturated carbocycles. The van der Waals surface area contributed by atoms with Gasteiger partial charge in [0.05, 0.1) is 12.1 Å². The first-order chi connectivity index (χ1) is 10.4. The predicted molar refractivity (Wildman–Crippen MR) is 79.5 cm³/mol. The summed E-state index contributed by atoms with van der Waals surface area (Å²) in [5.74, 6) is 0.349. The van der Waals surface area contributed by atoms with Gasteiger partial charge in [0, 0.05) is 11.7 Å². The minimum Gasteiger partial charge on any atom is -0.376 e. The normalized spacial score (nSPS) is 22.2. The largest absolute Gasteiger partial charge is 0.416 e. The Morgan fingerprint density at radius 1 is 1.18 bits per heavy atom. The third-order valence-electron chi connectivity index (χ3n) is 4.12. The number of nitrogens with one attached hydrogen (secondary N) is 2. The minimum atomic E-state index is -4.34. The van der Waals surface area contributed by atoms with Crippen molar-refractivity contribution in [3.63, 3.8) is 0 Å². The summed E-state index contributed by atoms with van der Waals surface area (Å²) < 4.78 is 37.3. The lowest BCUT2D eigenvalue weighted by Gasteiger charge is -2.29. The Labute approximate surface area is 128 Å². The Morgan fingerprint density at radius 3 is 2.41 bits per heavy atom. The molecule has 0 spiro atoms. The van der Waals surface area contributed by atoms with Gasteiger partial charge in [-0.25, -0.2) is 0 Å². The topological polar surface area (TPSA) is 41.1 Å². The number of amides is 1. The van der Waals surface area contributed by atoms with Crippen molar-refractivity contribution in [1.29, 1.82) is 0 Å². The summed E-state index contributed by atoms with van der Waals surface area (Å²) in [6, 6.07) is 4.88.